The van der Waals surface area contributed by atoms with E-state index in [-0.39, 0.29) is 5.02 Å². The molecule has 1 aliphatic rings. The van der Waals surface area contributed by atoms with E-state index in [4.69, 9.17) is 11.6 Å². The monoisotopic (exact) mass is 330 g/mol. The second-order valence-electron chi connectivity index (χ2n) is 4.48. The van der Waals surface area contributed by atoms with Crippen molar-refractivity contribution >= 4 is 23.2 Å². The van der Waals surface area contributed by atoms with Crippen LogP contribution in [0.25, 0.3) is 0 Å². The molecule has 0 radical (unpaired) electrons. The molecule has 0 aliphatic heterocycles. The lowest BCUT2D eigenvalue weighted by molar-refractivity contribution is 0.0967. The summed E-state index contributed by atoms with van der Waals surface area (Å²) in [5.74, 6) is -11.8. The standard InChI is InChI=1S/C14H3ClF4O3/c15-3-1-2-4(20)6-5(3)13(21)7-8(14(6)22)10(17)12(19)11(18)9(7)16/h1-2,20H. The third kappa shape index (κ3) is 1.62. The maximum atomic E-state index is 13.8. The molecule has 8 heteroatoms. The van der Waals surface area contributed by atoms with Crippen molar-refractivity contribution in [3.05, 3.63) is 62.7 Å². The number of ketones is 2. The molecule has 3 nitrogen and oxygen atoms in total. The second-order valence-corrected chi connectivity index (χ2v) is 4.89. The van der Waals surface area contributed by atoms with Gasteiger partial charge in [0.25, 0.3) is 0 Å². The Kier molecular flexibility index (Phi) is 3.00. The summed E-state index contributed by atoms with van der Waals surface area (Å²) in [7, 11) is 0. The highest BCUT2D eigenvalue weighted by molar-refractivity contribution is 6.39. The van der Waals surface area contributed by atoms with Gasteiger partial charge in [-0.2, -0.15) is 0 Å². The predicted molar refractivity (Wildman–Crippen MR) is 66.3 cm³/mol. The van der Waals surface area contributed by atoms with Crippen LogP contribution in [0.2, 0.25) is 5.02 Å². The van der Waals surface area contributed by atoms with E-state index in [0.717, 1.165) is 12.1 Å². The summed E-state index contributed by atoms with van der Waals surface area (Å²) in [4.78, 5) is 24.4. The van der Waals surface area contributed by atoms with E-state index >= 15 is 0 Å². The van der Waals surface area contributed by atoms with Crippen molar-refractivity contribution in [1.82, 2.24) is 0 Å². The summed E-state index contributed by atoms with van der Waals surface area (Å²) in [6, 6.07) is 2.02. The zero-order valence-corrected chi connectivity index (χ0v) is 11.1. The maximum Gasteiger partial charge on any atom is 0.201 e. The summed E-state index contributed by atoms with van der Waals surface area (Å²) in [5.41, 5.74) is -3.80. The predicted octanol–water partition coefficient (Wildman–Crippen LogP) is 3.38. The molecule has 0 spiro atoms. The lowest BCUT2D eigenvalue weighted by Crippen LogP contribution is -2.26. The number of phenolic OH excluding ortho intramolecular Hbond substituents is 1. The molecule has 2 aromatic carbocycles. The first-order chi connectivity index (χ1) is 10.3. The lowest BCUT2D eigenvalue weighted by Gasteiger charge is -2.20. The number of halogens is 5. The fourth-order valence-electron chi connectivity index (χ4n) is 2.33. The SMILES string of the molecule is O=C1c2c(O)ccc(Cl)c2C(=O)c2c(F)c(F)c(F)c(F)c21. The minimum Gasteiger partial charge on any atom is -0.507 e. The van der Waals surface area contributed by atoms with Crippen LogP contribution in [0.1, 0.15) is 31.8 Å². The van der Waals surface area contributed by atoms with Gasteiger partial charge >= 0.3 is 0 Å². The Labute approximate surface area is 124 Å². The van der Waals surface area contributed by atoms with Crippen molar-refractivity contribution in [2.24, 2.45) is 0 Å². The Morgan fingerprint density at radius 3 is 1.68 bits per heavy atom. The third-order valence-electron chi connectivity index (χ3n) is 3.31. The Morgan fingerprint density at radius 2 is 1.18 bits per heavy atom. The van der Waals surface area contributed by atoms with Crippen molar-refractivity contribution in [2.45, 2.75) is 0 Å². The van der Waals surface area contributed by atoms with E-state index < -0.39 is 62.8 Å². The van der Waals surface area contributed by atoms with Gasteiger partial charge in [0.2, 0.25) is 5.78 Å². The van der Waals surface area contributed by atoms with Gasteiger partial charge in [0, 0.05) is 0 Å². The number of carbonyl (C=O) groups is 2. The summed E-state index contributed by atoms with van der Waals surface area (Å²) in [5, 5.41) is 9.34. The van der Waals surface area contributed by atoms with Crippen LogP contribution < -0.4 is 0 Å². The van der Waals surface area contributed by atoms with Gasteiger partial charge in [-0.05, 0) is 12.1 Å². The van der Waals surface area contributed by atoms with Gasteiger partial charge in [-0.1, -0.05) is 11.6 Å². The van der Waals surface area contributed by atoms with Crippen LogP contribution in [0.4, 0.5) is 17.6 Å². The molecule has 22 heavy (non-hydrogen) atoms. The van der Waals surface area contributed by atoms with E-state index in [2.05, 4.69) is 0 Å². The molecule has 0 bridgehead atoms. The van der Waals surface area contributed by atoms with Crippen molar-refractivity contribution in [3.8, 4) is 5.75 Å². The zero-order valence-electron chi connectivity index (χ0n) is 10.3. The van der Waals surface area contributed by atoms with Crippen LogP contribution in [-0.2, 0) is 0 Å². The number of benzene rings is 2. The Hall–Kier alpha value is -2.41. The number of phenols is 1. The van der Waals surface area contributed by atoms with Crippen molar-refractivity contribution in [3.63, 3.8) is 0 Å². The van der Waals surface area contributed by atoms with E-state index in [0.29, 0.717) is 0 Å². The molecule has 2 aromatic rings. The van der Waals surface area contributed by atoms with Crippen LogP contribution in [0.5, 0.6) is 5.75 Å². The maximum absolute atomic E-state index is 13.8. The van der Waals surface area contributed by atoms with E-state index in [1.807, 2.05) is 0 Å². The molecule has 0 saturated heterocycles. The first-order valence-corrected chi connectivity index (χ1v) is 6.12. The number of rotatable bonds is 0. The molecule has 1 aliphatic carbocycles. The zero-order chi connectivity index (χ0) is 16.3. The number of hydrogen-bond donors (Lipinski definition) is 1. The number of fused-ring (bicyclic) bond motifs is 2. The Morgan fingerprint density at radius 1 is 0.727 bits per heavy atom. The first kappa shape index (κ1) is 14.5. The molecule has 0 atom stereocenters. The second kappa shape index (κ2) is 4.54. The quantitative estimate of drug-likeness (QED) is 0.390. The molecular weight excluding hydrogens is 328 g/mol. The van der Waals surface area contributed by atoms with Crippen molar-refractivity contribution in [1.29, 1.82) is 0 Å². The van der Waals surface area contributed by atoms with Gasteiger partial charge in [0.15, 0.2) is 29.1 Å². The molecule has 0 amide bonds. The normalized spacial score (nSPS) is 13.1. The lowest BCUT2D eigenvalue weighted by atomic mass is 9.82. The van der Waals surface area contributed by atoms with Crippen LogP contribution in [-0.4, -0.2) is 16.7 Å². The smallest absolute Gasteiger partial charge is 0.201 e. The number of hydrogen-bond acceptors (Lipinski definition) is 3. The highest BCUT2D eigenvalue weighted by atomic mass is 35.5. The average molecular weight is 331 g/mol. The van der Waals surface area contributed by atoms with Gasteiger partial charge in [0.05, 0.1) is 27.3 Å². The molecule has 0 heterocycles. The third-order valence-corrected chi connectivity index (χ3v) is 3.62. The van der Waals surface area contributed by atoms with Gasteiger partial charge in [0.1, 0.15) is 5.75 Å². The fourth-order valence-corrected chi connectivity index (χ4v) is 2.57. The highest BCUT2D eigenvalue weighted by Crippen LogP contribution is 2.39. The van der Waals surface area contributed by atoms with Gasteiger partial charge in [-0.3, -0.25) is 9.59 Å². The minimum absolute atomic E-state index is 0.318. The molecule has 112 valence electrons. The highest BCUT2D eigenvalue weighted by Gasteiger charge is 2.41. The van der Waals surface area contributed by atoms with Gasteiger partial charge in [-0.15, -0.1) is 0 Å². The Balaban J connectivity index is 2.50. The number of aromatic hydroxyl groups is 1. The summed E-state index contributed by atoms with van der Waals surface area (Å²) in [6.07, 6.45) is 0. The molecule has 0 fully saturated rings. The van der Waals surface area contributed by atoms with E-state index in [1.54, 1.807) is 0 Å². The number of carbonyl (C=O) groups excluding carboxylic acids is 2. The van der Waals surface area contributed by atoms with E-state index in [9.17, 15) is 32.3 Å². The Bertz CT molecular complexity index is 821. The van der Waals surface area contributed by atoms with Gasteiger partial charge < -0.3 is 5.11 Å². The molecular formula is C14H3ClF4O3. The molecule has 0 aromatic heterocycles. The molecule has 1 N–H and O–H groups in total. The van der Waals surface area contributed by atoms with Gasteiger partial charge in [-0.25, -0.2) is 17.6 Å². The van der Waals surface area contributed by atoms with Crippen LogP contribution >= 0.6 is 11.6 Å². The summed E-state index contributed by atoms with van der Waals surface area (Å²) >= 11 is 5.74. The first-order valence-electron chi connectivity index (χ1n) is 5.74. The summed E-state index contributed by atoms with van der Waals surface area (Å²) in [6.45, 7) is 0. The molecule has 0 unspecified atom stereocenters. The fraction of sp³-hybridized carbons (Fsp3) is 0. The van der Waals surface area contributed by atoms with Crippen LogP contribution in [0.3, 0.4) is 0 Å². The topological polar surface area (TPSA) is 54.4 Å². The largest absolute Gasteiger partial charge is 0.507 e. The van der Waals surface area contributed by atoms with Crippen molar-refractivity contribution in [2.75, 3.05) is 0 Å². The molecule has 3 rings (SSSR count). The summed E-state index contributed by atoms with van der Waals surface area (Å²) < 4.78 is 54.2. The average Bonchev–Trinajstić information content (AvgIpc) is 2.48. The van der Waals surface area contributed by atoms with Crippen LogP contribution in [0, 0.1) is 23.3 Å². The molecule has 0 saturated carbocycles. The van der Waals surface area contributed by atoms with E-state index in [1.165, 1.54) is 0 Å². The van der Waals surface area contributed by atoms with Crippen molar-refractivity contribution < 1.29 is 32.3 Å². The van der Waals surface area contributed by atoms with Crippen LogP contribution in [0.15, 0.2) is 12.1 Å². The minimum atomic E-state index is -2.22.